The normalized spacial score (nSPS) is 19.7. The second kappa shape index (κ2) is 4.53. The highest BCUT2D eigenvalue weighted by molar-refractivity contribution is 6.19. The summed E-state index contributed by atoms with van der Waals surface area (Å²) in [7, 11) is 0. The maximum atomic E-state index is 11.7. The zero-order valence-electron chi connectivity index (χ0n) is 10.2. The van der Waals surface area contributed by atoms with Gasteiger partial charge in [-0.1, -0.05) is 12.1 Å². The molecule has 4 heteroatoms. The fraction of sp³-hybridized carbons (Fsp3) is 0.429. The lowest BCUT2D eigenvalue weighted by molar-refractivity contribution is -0.121. The summed E-state index contributed by atoms with van der Waals surface area (Å²) < 4.78 is 0. The van der Waals surface area contributed by atoms with Gasteiger partial charge in [0.2, 0.25) is 11.8 Å². The van der Waals surface area contributed by atoms with Gasteiger partial charge in [-0.3, -0.25) is 14.5 Å². The molecule has 0 aromatic heterocycles. The van der Waals surface area contributed by atoms with Crippen LogP contribution < -0.4 is 10.2 Å². The summed E-state index contributed by atoms with van der Waals surface area (Å²) in [4.78, 5) is 24.6. The molecule has 2 fully saturated rings. The van der Waals surface area contributed by atoms with Crippen molar-refractivity contribution in [1.29, 1.82) is 0 Å². The number of nitrogens with zero attached hydrogens (tertiary/aromatic N) is 1. The molecule has 3 rings (SSSR count). The minimum Gasteiger partial charge on any atom is -0.310 e. The Hall–Kier alpha value is -1.68. The van der Waals surface area contributed by atoms with Crippen molar-refractivity contribution >= 4 is 17.5 Å². The van der Waals surface area contributed by atoms with E-state index in [0.29, 0.717) is 24.6 Å². The van der Waals surface area contributed by atoms with Crippen molar-refractivity contribution in [2.45, 2.75) is 38.3 Å². The first-order valence-electron chi connectivity index (χ1n) is 6.42. The molecule has 1 aliphatic heterocycles. The summed E-state index contributed by atoms with van der Waals surface area (Å²) in [6, 6.07) is 8.32. The van der Waals surface area contributed by atoms with Crippen LogP contribution in [-0.2, 0) is 16.1 Å². The SMILES string of the molecule is O=C1CCC(=O)N1c1cccc(CNC2CC2)c1. The molecule has 1 aromatic carbocycles. The predicted octanol–water partition coefficient (Wildman–Crippen LogP) is 1.59. The topological polar surface area (TPSA) is 49.4 Å². The van der Waals surface area contributed by atoms with Crippen LogP contribution in [0.5, 0.6) is 0 Å². The summed E-state index contributed by atoms with van der Waals surface area (Å²) in [6.45, 7) is 0.800. The van der Waals surface area contributed by atoms with Crippen molar-refractivity contribution in [3.05, 3.63) is 29.8 Å². The van der Waals surface area contributed by atoms with Gasteiger partial charge in [0.1, 0.15) is 0 Å². The summed E-state index contributed by atoms with van der Waals surface area (Å²) in [6.07, 6.45) is 3.18. The average Bonchev–Trinajstić information content (AvgIpc) is 3.13. The van der Waals surface area contributed by atoms with Crippen molar-refractivity contribution in [2.24, 2.45) is 0 Å². The van der Waals surface area contributed by atoms with Crippen molar-refractivity contribution in [3.8, 4) is 0 Å². The van der Waals surface area contributed by atoms with Crippen molar-refractivity contribution in [2.75, 3.05) is 4.90 Å². The highest BCUT2D eigenvalue weighted by Crippen LogP contribution is 2.24. The van der Waals surface area contributed by atoms with E-state index in [0.717, 1.165) is 12.1 Å². The Kier molecular flexibility index (Phi) is 2.88. The lowest BCUT2D eigenvalue weighted by Crippen LogP contribution is -2.28. The van der Waals surface area contributed by atoms with Gasteiger partial charge in [-0.25, -0.2) is 0 Å². The van der Waals surface area contributed by atoms with Crippen LogP contribution in [0.4, 0.5) is 5.69 Å². The van der Waals surface area contributed by atoms with Gasteiger partial charge < -0.3 is 5.32 Å². The van der Waals surface area contributed by atoms with Crippen LogP contribution in [0.1, 0.15) is 31.2 Å². The third-order valence-electron chi connectivity index (χ3n) is 3.39. The van der Waals surface area contributed by atoms with E-state index in [1.165, 1.54) is 17.7 Å². The first kappa shape index (κ1) is 11.4. The molecule has 4 nitrogen and oxygen atoms in total. The van der Waals surface area contributed by atoms with Gasteiger partial charge in [-0.05, 0) is 30.5 Å². The van der Waals surface area contributed by atoms with Gasteiger partial charge in [0.25, 0.3) is 0 Å². The second-order valence-electron chi connectivity index (χ2n) is 4.95. The maximum absolute atomic E-state index is 11.7. The number of benzene rings is 1. The molecule has 1 heterocycles. The fourth-order valence-electron chi connectivity index (χ4n) is 2.22. The van der Waals surface area contributed by atoms with Gasteiger partial charge in [0.15, 0.2) is 0 Å². The van der Waals surface area contributed by atoms with Crippen LogP contribution in [-0.4, -0.2) is 17.9 Å². The van der Waals surface area contributed by atoms with Gasteiger partial charge in [-0.2, -0.15) is 0 Å². The van der Waals surface area contributed by atoms with E-state index in [2.05, 4.69) is 5.32 Å². The zero-order valence-corrected chi connectivity index (χ0v) is 10.2. The lowest BCUT2D eigenvalue weighted by Gasteiger charge is -2.15. The van der Waals surface area contributed by atoms with E-state index in [1.54, 1.807) is 0 Å². The van der Waals surface area contributed by atoms with Crippen molar-refractivity contribution < 1.29 is 9.59 Å². The van der Waals surface area contributed by atoms with Gasteiger partial charge in [0, 0.05) is 25.4 Å². The van der Waals surface area contributed by atoms with Crippen molar-refractivity contribution in [3.63, 3.8) is 0 Å². The Balaban J connectivity index is 1.76. The fourth-order valence-corrected chi connectivity index (χ4v) is 2.22. The van der Waals surface area contributed by atoms with Crippen LogP contribution in [0.25, 0.3) is 0 Å². The molecule has 0 spiro atoms. The van der Waals surface area contributed by atoms with Crippen LogP contribution in [0, 0.1) is 0 Å². The van der Waals surface area contributed by atoms with E-state index in [-0.39, 0.29) is 11.8 Å². The van der Waals surface area contributed by atoms with E-state index in [1.807, 2.05) is 24.3 Å². The number of nitrogens with one attached hydrogen (secondary N) is 1. The maximum Gasteiger partial charge on any atom is 0.234 e. The van der Waals surface area contributed by atoms with Gasteiger partial charge >= 0.3 is 0 Å². The highest BCUT2D eigenvalue weighted by Gasteiger charge is 2.30. The molecular formula is C14H16N2O2. The molecule has 0 radical (unpaired) electrons. The Bertz CT molecular complexity index is 478. The number of imide groups is 1. The third kappa shape index (κ3) is 2.29. The number of amides is 2. The summed E-state index contributed by atoms with van der Waals surface area (Å²) in [5.41, 5.74) is 1.82. The monoisotopic (exact) mass is 244 g/mol. The Morgan fingerprint density at radius 1 is 1.17 bits per heavy atom. The molecule has 2 amide bonds. The van der Waals surface area contributed by atoms with Crippen LogP contribution in [0.15, 0.2) is 24.3 Å². The highest BCUT2D eigenvalue weighted by atomic mass is 16.2. The molecule has 0 bridgehead atoms. The zero-order chi connectivity index (χ0) is 12.5. The minimum atomic E-state index is -0.0905. The molecule has 1 N–H and O–H groups in total. The molecule has 1 saturated heterocycles. The number of rotatable bonds is 4. The molecule has 18 heavy (non-hydrogen) atoms. The van der Waals surface area contributed by atoms with E-state index >= 15 is 0 Å². The number of hydrogen-bond donors (Lipinski definition) is 1. The molecule has 1 aromatic rings. The Morgan fingerprint density at radius 3 is 2.56 bits per heavy atom. The van der Waals surface area contributed by atoms with Crippen LogP contribution in [0.2, 0.25) is 0 Å². The van der Waals surface area contributed by atoms with E-state index in [4.69, 9.17) is 0 Å². The third-order valence-corrected chi connectivity index (χ3v) is 3.39. The lowest BCUT2D eigenvalue weighted by atomic mass is 10.2. The molecule has 1 aliphatic carbocycles. The molecule has 94 valence electrons. The molecule has 0 atom stereocenters. The number of anilines is 1. The number of hydrogen-bond acceptors (Lipinski definition) is 3. The van der Waals surface area contributed by atoms with E-state index < -0.39 is 0 Å². The molecule has 0 unspecified atom stereocenters. The largest absolute Gasteiger partial charge is 0.310 e. The minimum absolute atomic E-state index is 0.0905. The molecular weight excluding hydrogens is 228 g/mol. The standard InChI is InChI=1S/C14H16N2O2/c17-13-6-7-14(18)16(13)12-3-1-2-10(8-12)9-15-11-4-5-11/h1-3,8,11,15H,4-7,9H2. The summed E-state index contributed by atoms with van der Waals surface area (Å²) in [5.74, 6) is -0.181. The second-order valence-corrected chi connectivity index (χ2v) is 4.95. The summed E-state index contributed by atoms with van der Waals surface area (Å²) >= 11 is 0. The van der Waals surface area contributed by atoms with E-state index in [9.17, 15) is 9.59 Å². The van der Waals surface area contributed by atoms with Crippen molar-refractivity contribution in [1.82, 2.24) is 5.32 Å². The van der Waals surface area contributed by atoms with Gasteiger partial charge in [0.05, 0.1) is 5.69 Å². The first-order chi connectivity index (χ1) is 8.74. The Labute approximate surface area is 106 Å². The predicted molar refractivity (Wildman–Crippen MR) is 68.0 cm³/mol. The quantitative estimate of drug-likeness (QED) is 0.818. The average molecular weight is 244 g/mol. The molecule has 1 saturated carbocycles. The smallest absolute Gasteiger partial charge is 0.234 e. The first-order valence-corrected chi connectivity index (χ1v) is 6.42. The summed E-state index contributed by atoms with van der Waals surface area (Å²) in [5, 5.41) is 3.42. The Morgan fingerprint density at radius 2 is 1.89 bits per heavy atom. The van der Waals surface area contributed by atoms with Gasteiger partial charge in [-0.15, -0.1) is 0 Å². The number of carbonyl (C=O) groups excluding carboxylic acids is 2. The van der Waals surface area contributed by atoms with Crippen LogP contribution >= 0.6 is 0 Å². The number of carbonyl (C=O) groups is 2. The molecule has 2 aliphatic rings. The van der Waals surface area contributed by atoms with Crippen LogP contribution in [0.3, 0.4) is 0 Å².